The number of aliphatic hydroxyl groups is 1. The molecule has 0 spiro atoms. The van der Waals surface area contributed by atoms with Crippen LogP contribution < -0.4 is 11.1 Å². The fourth-order valence-electron chi connectivity index (χ4n) is 3.22. The molecule has 6 nitrogen and oxygen atoms in total. The number of carbonyl (C=O) groups is 1. The average Bonchev–Trinajstić information content (AvgIpc) is 2.38. The van der Waals surface area contributed by atoms with E-state index in [1.807, 2.05) is 20.8 Å². The summed E-state index contributed by atoms with van der Waals surface area (Å²) in [6, 6.07) is 0. The number of hydrogen-bond acceptors (Lipinski definition) is 5. The molecule has 0 bridgehead atoms. The van der Waals surface area contributed by atoms with Crippen LogP contribution in [0.2, 0.25) is 0 Å². The van der Waals surface area contributed by atoms with Gasteiger partial charge in [-0.05, 0) is 59.5 Å². The highest BCUT2D eigenvalue weighted by Crippen LogP contribution is 2.37. The number of nitrogens with two attached hydrogens (primary N) is 1. The van der Waals surface area contributed by atoms with E-state index >= 15 is 0 Å². The van der Waals surface area contributed by atoms with Gasteiger partial charge >= 0.3 is 6.09 Å². The quantitative estimate of drug-likeness (QED) is 0.667. The zero-order valence-corrected chi connectivity index (χ0v) is 13.4. The summed E-state index contributed by atoms with van der Waals surface area (Å²) in [6.07, 6.45) is 2.28. The van der Waals surface area contributed by atoms with E-state index in [0.717, 1.165) is 25.9 Å². The standard InChI is InChI=1S/C15H29N3O3/c1-13(2,3)21-12(19)18-10-6-15(20,7-11-18)14(16)4-8-17-9-5-14/h17,20H,4-11,16H2,1-3H3. The summed E-state index contributed by atoms with van der Waals surface area (Å²) in [5, 5.41) is 14.2. The van der Waals surface area contributed by atoms with Crippen molar-refractivity contribution in [3.05, 3.63) is 0 Å². The van der Waals surface area contributed by atoms with E-state index in [0.29, 0.717) is 25.9 Å². The van der Waals surface area contributed by atoms with Gasteiger partial charge in [-0.1, -0.05) is 0 Å². The van der Waals surface area contributed by atoms with Crippen LogP contribution in [-0.4, -0.2) is 59.0 Å². The summed E-state index contributed by atoms with van der Waals surface area (Å²) < 4.78 is 5.38. The van der Waals surface area contributed by atoms with E-state index in [1.165, 1.54) is 0 Å². The molecule has 2 fully saturated rings. The Hall–Kier alpha value is -0.850. The molecule has 0 aromatic heterocycles. The van der Waals surface area contributed by atoms with Gasteiger partial charge in [0.05, 0.1) is 5.60 Å². The zero-order chi connectivity index (χ0) is 15.7. The molecule has 0 radical (unpaired) electrons. The number of amides is 1. The Morgan fingerprint density at radius 1 is 1.19 bits per heavy atom. The van der Waals surface area contributed by atoms with E-state index in [-0.39, 0.29) is 6.09 Å². The summed E-state index contributed by atoms with van der Waals surface area (Å²) in [7, 11) is 0. The van der Waals surface area contributed by atoms with E-state index in [4.69, 9.17) is 10.5 Å². The van der Waals surface area contributed by atoms with Crippen molar-refractivity contribution in [1.29, 1.82) is 0 Å². The van der Waals surface area contributed by atoms with Crippen molar-refractivity contribution < 1.29 is 14.6 Å². The molecule has 0 aromatic rings. The monoisotopic (exact) mass is 299 g/mol. The van der Waals surface area contributed by atoms with Crippen LogP contribution in [0.5, 0.6) is 0 Å². The Labute approximate surface area is 127 Å². The number of rotatable bonds is 1. The maximum absolute atomic E-state index is 12.1. The van der Waals surface area contributed by atoms with Crippen molar-refractivity contribution in [2.75, 3.05) is 26.2 Å². The molecule has 2 aliphatic heterocycles. The molecule has 4 N–H and O–H groups in total. The van der Waals surface area contributed by atoms with Crippen LogP contribution in [0.15, 0.2) is 0 Å². The van der Waals surface area contributed by atoms with E-state index < -0.39 is 16.7 Å². The number of piperidine rings is 2. The lowest BCUT2D eigenvalue weighted by Crippen LogP contribution is -2.67. The second-order valence-corrected chi connectivity index (χ2v) is 7.41. The lowest BCUT2D eigenvalue weighted by molar-refractivity contribution is -0.0900. The number of likely N-dealkylation sites (tertiary alicyclic amines) is 1. The van der Waals surface area contributed by atoms with Gasteiger partial charge in [-0.2, -0.15) is 0 Å². The zero-order valence-electron chi connectivity index (χ0n) is 13.4. The number of hydrogen-bond donors (Lipinski definition) is 3. The van der Waals surface area contributed by atoms with Crippen molar-refractivity contribution in [3.8, 4) is 0 Å². The van der Waals surface area contributed by atoms with Crippen LogP contribution in [0.3, 0.4) is 0 Å². The molecular weight excluding hydrogens is 270 g/mol. The van der Waals surface area contributed by atoms with E-state index in [9.17, 15) is 9.90 Å². The largest absolute Gasteiger partial charge is 0.444 e. The molecule has 1 amide bonds. The molecule has 2 saturated heterocycles. The molecular formula is C15H29N3O3. The SMILES string of the molecule is CC(C)(C)OC(=O)N1CCC(O)(C2(N)CCNCC2)CC1. The summed E-state index contributed by atoms with van der Waals surface area (Å²) in [4.78, 5) is 13.7. The third-order valence-corrected chi connectivity index (χ3v) is 4.66. The maximum atomic E-state index is 12.1. The Balaban J connectivity index is 1.94. The van der Waals surface area contributed by atoms with Crippen LogP contribution in [-0.2, 0) is 4.74 Å². The van der Waals surface area contributed by atoms with Gasteiger partial charge in [0, 0.05) is 18.6 Å². The summed E-state index contributed by atoms with van der Waals surface area (Å²) in [5.41, 5.74) is 4.55. The molecule has 2 rings (SSSR count). The van der Waals surface area contributed by atoms with Gasteiger partial charge in [-0.15, -0.1) is 0 Å². The molecule has 6 heteroatoms. The van der Waals surface area contributed by atoms with Gasteiger partial charge in [-0.25, -0.2) is 4.79 Å². The highest BCUT2D eigenvalue weighted by molar-refractivity contribution is 5.68. The van der Waals surface area contributed by atoms with Gasteiger partial charge in [0.25, 0.3) is 0 Å². The summed E-state index contributed by atoms with van der Waals surface area (Å²) in [5.74, 6) is 0. The lowest BCUT2D eigenvalue weighted by Gasteiger charge is -2.50. The first-order valence-corrected chi connectivity index (χ1v) is 7.85. The topological polar surface area (TPSA) is 87.8 Å². The Bertz CT molecular complexity index is 378. The van der Waals surface area contributed by atoms with Gasteiger partial charge < -0.3 is 25.8 Å². The first-order valence-electron chi connectivity index (χ1n) is 7.85. The van der Waals surface area contributed by atoms with Gasteiger partial charge in [0.15, 0.2) is 0 Å². The molecule has 2 aliphatic rings. The minimum atomic E-state index is -0.881. The lowest BCUT2D eigenvalue weighted by atomic mass is 9.69. The predicted octanol–water partition coefficient (Wildman–Crippen LogP) is 0.829. The second kappa shape index (κ2) is 5.74. The Kier molecular flexibility index (Phi) is 4.52. The molecule has 21 heavy (non-hydrogen) atoms. The fraction of sp³-hybridized carbons (Fsp3) is 0.933. The third kappa shape index (κ3) is 3.67. The summed E-state index contributed by atoms with van der Waals surface area (Å²) >= 11 is 0. The number of carbonyl (C=O) groups excluding carboxylic acids is 1. The smallest absolute Gasteiger partial charge is 0.410 e. The average molecular weight is 299 g/mol. The molecule has 2 heterocycles. The normalized spacial score (nSPS) is 25.5. The molecule has 0 atom stereocenters. The second-order valence-electron chi connectivity index (χ2n) is 7.41. The molecule has 0 aromatic carbocycles. The Morgan fingerprint density at radius 2 is 1.71 bits per heavy atom. The maximum Gasteiger partial charge on any atom is 0.410 e. The molecule has 0 unspecified atom stereocenters. The van der Waals surface area contributed by atoms with Crippen molar-refractivity contribution >= 4 is 6.09 Å². The minimum absolute atomic E-state index is 0.305. The van der Waals surface area contributed by atoms with Crippen molar-refractivity contribution in [1.82, 2.24) is 10.2 Å². The molecule has 122 valence electrons. The number of nitrogens with one attached hydrogen (secondary N) is 1. The third-order valence-electron chi connectivity index (χ3n) is 4.66. The fourth-order valence-corrected chi connectivity index (χ4v) is 3.22. The highest BCUT2D eigenvalue weighted by Gasteiger charge is 2.49. The van der Waals surface area contributed by atoms with Crippen LogP contribution in [0, 0.1) is 0 Å². The van der Waals surface area contributed by atoms with Gasteiger partial charge in [0.1, 0.15) is 5.60 Å². The van der Waals surface area contributed by atoms with Crippen molar-refractivity contribution in [2.24, 2.45) is 5.73 Å². The minimum Gasteiger partial charge on any atom is -0.444 e. The van der Waals surface area contributed by atoms with Crippen molar-refractivity contribution in [2.45, 2.75) is 63.2 Å². The predicted molar refractivity (Wildman–Crippen MR) is 81.0 cm³/mol. The first-order chi connectivity index (χ1) is 9.65. The first kappa shape index (κ1) is 16.5. The van der Waals surface area contributed by atoms with Crippen molar-refractivity contribution in [3.63, 3.8) is 0 Å². The highest BCUT2D eigenvalue weighted by atomic mass is 16.6. The van der Waals surface area contributed by atoms with Crippen LogP contribution in [0.4, 0.5) is 4.79 Å². The molecule has 0 aliphatic carbocycles. The Morgan fingerprint density at radius 3 is 2.19 bits per heavy atom. The van der Waals surface area contributed by atoms with Crippen LogP contribution in [0.25, 0.3) is 0 Å². The van der Waals surface area contributed by atoms with Gasteiger partial charge in [-0.3, -0.25) is 0 Å². The van der Waals surface area contributed by atoms with E-state index in [1.54, 1.807) is 4.90 Å². The van der Waals surface area contributed by atoms with E-state index in [2.05, 4.69) is 5.32 Å². The van der Waals surface area contributed by atoms with Crippen LogP contribution in [0.1, 0.15) is 46.5 Å². The number of nitrogens with zero attached hydrogens (tertiary/aromatic N) is 1. The van der Waals surface area contributed by atoms with Gasteiger partial charge in [0.2, 0.25) is 0 Å². The molecule has 0 saturated carbocycles. The number of ether oxygens (including phenoxy) is 1. The van der Waals surface area contributed by atoms with Crippen LogP contribution >= 0.6 is 0 Å². The summed E-state index contributed by atoms with van der Waals surface area (Å²) in [6.45, 7) is 8.25.